The monoisotopic (exact) mass is 287 g/mol. The molecule has 1 atom stereocenters. The number of aliphatic hydroxyl groups excluding tert-OH is 1. The summed E-state index contributed by atoms with van der Waals surface area (Å²) in [4.78, 5) is 12.0. The average molecular weight is 287 g/mol. The summed E-state index contributed by atoms with van der Waals surface area (Å²) < 4.78 is 5.49. The van der Waals surface area contributed by atoms with Gasteiger partial charge in [-0.1, -0.05) is 31.2 Å². The van der Waals surface area contributed by atoms with E-state index >= 15 is 0 Å². The highest BCUT2D eigenvalue weighted by Crippen LogP contribution is 2.17. The molecule has 112 valence electrons. The predicted octanol–water partition coefficient (Wildman–Crippen LogP) is 2.92. The zero-order chi connectivity index (χ0) is 15.4. The molecule has 1 heterocycles. The van der Waals surface area contributed by atoms with E-state index in [-0.39, 0.29) is 12.5 Å². The van der Waals surface area contributed by atoms with Crippen LogP contribution in [0, 0.1) is 13.8 Å². The van der Waals surface area contributed by atoms with Gasteiger partial charge in [-0.25, -0.2) is 0 Å². The van der Waals surface area contributed by atoms with E-state index in [2.05, 4.69) is 5.32 Å². The maximum absolute atomic E-state index is 12.0. The van der Waals surface area contributed by atoms with E-state index in [0.717, 1.165) is 28.9 Å². The molecule has 0 bridgehead atoms. The maximum atomic E-state index is 12.0. The van der Waals surface area contributed by atoms with Gasteiger partial charge < -0.3 is 14.8 Å². The highest BCUT2D eigenvalue weighted by molar-refractivity contribution is 5.91. The molecule has 1 unspecified atom stereocenters. The molecule has 2 rings (SSSR count). The Morgan fingerprint density at radius 2 is 2.00 bits per heavy atom. The van der Waals surface area contributed by atoms with Gasteiger partial charge in [-0.05, 0) is 36.6 Å². The van der Waals surface area contributed by atoms with Crippen LogP contribution in [-0.2, 0) is 6.42 Å². The Kier molecular flexibility index (Phi) is 4.81. The van der Waals surface area contributed by atoms with Crippen molar-refractivity contribution in [3.63, 3.8) is 0 Å². The van der Waals surface area contributed by atoms with Crippen molar-refractivity contribution in [3.8, 4) is 0 Å². The quantitative estimate of drug-likeness (QED) is 0.888. The minimum Gasteiger partial charge on any atom is -0.456 e. The van der Waals surface area contributed by atoms with Crippen LogP contribution in [0.1, 0.15) is 46.0 Å². The number of carbonyl (C=O) groups excluding carboxylic acids is 1. The summed E-state index contributed by atoms with van der Waals surface area (Å²) in [5, 5.41) is 12.9. The van der Waals surface area contributed by atoms with Gasteiger partial charge in [-0.2, -0.15) is 0 Å². The molecule has 0 aliphatic rings. The Balaban J connectivity index is 1.99. The number of aryl methyl sites for hydroxylation is 3. The molecule has 1 amide bonds. The third-order valence-electron chi connectivity index (χ3n) is 3.57. The van der Waals surface area contributed by atoms with Crippen molar-refractivity contribution in [2.24, 2.45) is 0 Å². The number of hydrogen-bond acceptors (Lipinski definition) is 3. The summed E-state index contributed by atoms with van der Waals surface area (Å²) in [5.74, 6) is 0.811. The Labute approximate surface area is 124 Å². The molecule has 0 aliphatic carbocycles. The van der Waals surface area contributed by atoms with Crippen molar-refractivity contribution >= 4 is 5.91 Å². The Morgan fingerprint density at radius 1 is 1.29 bits per heavy atom. The van der Waals surface area contributed by atoms with Gasteiger partial charge in [0.2, 0.25) is 0 Å². The molecular formula is C17H21NO3. The van der Waals surface area contributed by atoms with Crippen LogP contribution in [0.4, 0.5) is 0 Å². The molecule has 1 aromatic carbocycles. The van der Waals surface area contributed by atoms with Gasteiger partial charge in [-0.15, -0.1) is 0 Å². The normalized spacial score (nSPS) is 12.2. The van der Waals surface area contributed by atoms with E-state index in [9.17, 15) is 9.90 Å². The smallest absolute Gasteiger partial charge is 0.287 e. The molecule has 0 radical (unpaired) electrons. The lowest BCUT2D eigenvalue weighted by molar-refractivity contribution is 0.0887. The van der Waals surface area contributed by atoms with Crippen LogP contribution in [0.2, 0.25) is 0 Å². The number of amides is 1. The number of nitrogens with one attached hydrogen (secondary N) is 1. The zero-order valence-corrected chi connectivity index (χ0v) is 12.6. The Bertz CT molecular complexity index is 631. The van der Waals surface area contributed by atoms with Gasteiger partial charge in [0.25, 0.3) is 5.91 Å². The number of hydrogen-bond donors (Lipinski definition) is 2. The van der Waals surface area contributed by atoms with Crippen LogP contribution in [0.3, 0.4) is 0 Å². The molecular weight excluding hydrogens is 266 g/mol. The summed E-state index contributed by atoms with van der Waals surface area (Å²) in [6, 6.07) is 9.31. The predicted molar refractivity (Wildman–Crippen MR) is 81.3 cm³/mol. The fraction of sp³-hybridized carbons (Fsp3) is 0.353. The van der Waals surface area contributed by atoms with Gasteiger partial charge in [-0.3, -0.25) is 4.79 Å². The topological polar surface area (TPSA) is 62.5 Å². The first kappa shape index (κ1) is 15.3. The van der Waals surface area contributed by atoms with Crippen molar-refractivity contribution in [3.05, 3.63) is 58.5 Å². The summed E-state index contributed by atoms with van der Waals surface area (Å²) in [6.07, 6.45) is 0.0298. The van der Waals surface area contributed by atoms with E-state index < -0.39 is 6.10 Å². The largest absolute Gasteiger partial charge is 0.456 e. The van der Waals surface area contributed by atoms with Crippen molar-refractivity contribution in [2.45, 2.75) is 33.3 Å². The van der Waals surface area contributed by atoms with Gasteiger partial charge in [0, 0.05) is 13.0 Å². The molecule has 4 heteroatoms. The molecule has 0 saturated carbocycles. The molecule has 2 aromatic rings. The Hall–Kier alpha value is -2.07. The van der Waals surface area contributed by atoms with Crippen LogP contribution >= 0.6 is 0 Å². The molecule has 1 aromatic heterocycles. The number of aliphatic hydroxyl groups is 1. The number of benzene rings is 1. The second-order valence-corrected chi connectivity index (χ2v) is 5.15. The molecule has 4 nitrogen and oxygen atoms in total. The zero-order valence-electron chi connectivity index (χ0n) is 12.6. The van der Waals surface area contributed by atoms with Gasteiger partial charge in [0.15, 0.2) is 5.76 Å². The molecule has 0 aliphatic heterocycles. The standard InChI is InChI=1S/C17H21NO3/c1-4-15-12(3)9-16(21-15)17(20)18-10-14(19)13-8-6-5-7-11(13)2/h5-9,14,19H,4,10H2,1-3H3,(H,18,20). The molecule has 0 fully saturated rings. The highest BCUT2D eigenvalue weighted by Gasteiger charge is 2.16. The second-order valence-electron chi connectivity index (χ2n) is 5.15. The Morgan fingerprint density at radius 3 is 2.62 bits per heavy atom. The summed E-state index contributed by atoms with van der Waals surface area (Å²) in [6.45, 7) is 5.99. The first-order valence-corrected chi connectivity index (χ1v) is 7.14. The van der Waals surface area contributed by atoms with Crippen LogP contribution in [0.25, 0.3) is 0 Å². The first-order valence-electron chi connectivity index (χ1n) is 7.14. The van der Waals surface area contributed by atoms with E-state index in [1.54, 1.807) is 6.07 Å². The minimum atomic E-state index is -0.725. The van der Waals surface area contributed by atoms with Crippen molar-refractivity contribution in [1.29, 1.82) is 0 Å². The maximum Gasteiger partial charge on any atom is 0.287 e. The second kappa shape index (κ2) is 6.59. The molecule has 0 saturated heterocycles. The molecule has 2 N–H and O–H groups in total. The summed E-state index contributed by atoms with van der Waals surface area (Å²) >= 11 is 0. The fourth-order valence-electron chi connectivity index (χ4n) is 2.33. The van der Waals surface area contributed by atoms with E-state index in [4.69, 9.17) is 4.42 Å². The van der Waals surface area contributed by atoms with Crippen LogP contribution in [0.15, 0.2) is 34.7 Å². The van der Waals surface area contributed by atoms with Crippen molar-refractivity contribution in [2.75, 3.05) is 6.54 Å². The van der Waals surface area contributed by atoms with Crippen molar-refractivity contribution in [1.82, 2.24) is 5.32 Å². The number of rotatable bonds is 5. The molecule has 0 spiro atoms. The summed E-state index contributed by atoms with van der Waals surface area (Å²) in [5.41, 5.74) is 2.80. The fourth-order valence-corrected chi connectivity index (χ4v) is 2.33. The van der Waals surface area contributed by atoms with Gasteiger partial charge in [0.1, 0.15) is 5.76 Å². The minimum absolute atomic E-state index is 0.158. The van der Waals surface area contributed by atoms with Gasteiger partial charge >= 0.3 is 0 Å². The van der Waals surface area contributed by atoms with E-state index in [0.29, 0.717) is 5.76 Å². The third kappa shape index (κ3) is 3.52. The van der Waals surface area contributed by atoms with Gasteiger partial charge in [0.05, 0.1) is 6.10 Å². The highest BCUT2D eigenvalue weighted by atomic mass is 16.4. The van der Waals surface area contributed by atoms with Crippen LogP contribution in [-0.4, -0.2) is 17.6 Å². The number of carbonyl (C=O) groups is 1. The average Bonchev–Trinajstić information content (AvgIpc) is 2.86. The lowest BCUT2D eigenvalue weighted by atomic mass is 10.0. The third-order valence-corrected chi connectivity index (χ3v) is 3.57. The van der Waals surface area contributed by atoms with E-state index in [1.165, 1.54) is 0 Å². The first-order chi connectivity index (χ1) is 10.0. The lowest BCUT2D eigenvalue weighted by Crippen LogP contribution is -2.28. The van der Waals surface area contributed by atoms with E-state index in [1.807, 2.05) is 45.0 Å². The SMILES string of the molecule is CCc1oc(C(=O)NCC(O)c2ccccc2C)cc1C. The molecule has 21 heavy (non-hydrogen) atoms. The summed E-state index contributed by atoms with van der Waals surface area (Å²) in [7, 11) is 0. The van der Waals surface area contributed by atoms with Crippen molar-refractivity contribution < 1.29 is 14.3 Å². The lowest BCUT2D eigenvalue weighted by Gasteiger charge is -2.13. The van der Waals surface area contributed by atoms with Crippen LogP contribution < -0.4 is 5.32 Å². The van der Waals surface area contributed by atoms with Crippen LogP contribution in [0.5, 0.6) is 0 Å². The number of furan rings is 1.